The zero-order valence-electron chi connectivity index (χ0n) is 14.0. The van der Waals surface area contributed by atoms with Crippen LogP contribution >= 0.6 is 0 Å². The van der Waals surface area contributed by atoms with E-state index in [0.29, 0.717) is 22.7 Å². The molecular weight excluding hydrogens is 336 g/mol. The molecule has 5 N–H and O–H groups in total. The molecule has 8 nitrogen and oxygen atoms in total. The maximum atomic E-state index is 12.4. The molecule has 2 heterocycles. The Bertz CT molecular complexity index is 944. The lowest BCUT2D eigenvalue weighted by Crippen LogP contribution is -2.32. The molecule has 0 radical (unpaired) electrons. The van der Waals surface area contributed by atoms with Crippen molar-refractivity contribution in [1.29, 1.82) is 0 Å². The molecule has 3 aromatic rings. The molecule has 0 aliphatic carbocycles. The number of H-pyrrole nitrogens is 1. The number of rotatable bonds is 6. The van der Waals surface area contributed by atoms with Crippen LogP contribution in [0.3, 0.4) is 0 Å². The molecule has 0 bridgehead atoms. The van der Waals surface area contributed by atoms with Crippen LogP contribution in [0.4, 0.5) is 5.69 Å². The molecule has 1 atom stereocenters. The average Bonchev–Trinajstić information content (AvgIpc) is 3.24. The van der Waals surface area contributed by atoms with Gasteiger partial charge in [0.1, 0.15) is 17.5 Å². The number of nitrogens with zero attached hydrogens (tertiary/aromatic N) is 1. The molecule has 26 heavy (non-hydrogen) atoms. The number of furan rings is 1. The second-order valence-corrected chi connectivity index (χ2v) is 5.88. The van der Waals surface area contributed by atoms with Gasteiger partial charge in [-0.1, -0.05) is 12.1 Å². The van der Waals surface area contributed by atoms with E-state index in [0.717, 1.165) is 5.76 Å². The van der Waals surface area contributed by atoms with Crippen molar-refractivity contribution in [1.82, 2.24) is 10.2 Å². The normalized spacial score (nSPS) is 11.9. The molecule has 134 valence electrons. The first-order chi connectivity index (χ1) is 12.4. The molecule has 2 aromatic heterocycles. The number of benzene rings is 1. The Morgan fingerprint density at radius 3 is 2.81 bits per heavy atom. The maximum Gasteiger partial charge on any atom is 0.320 e. The molecule has 1 aromatic carbocycles. The standard InChI is InChI=1S/C18H18N4O4/c1-10-5-6-16(26-10)14-9-15(22-21-14)17(23)20-12-4-2-3-11(7-12)8-13(19)18(24)25/h2-7,9,13H,8,19H2,1H3,(H,20,23)(H,21,22)(H,24,25)/t13-/m0/s1. The van der Waals surface area contributed by atoms with Crippen molar-refractivity contribution >= 4 is 17.6 Å². The summed E-state index contributed by atoms with van der Waals surface area (Å²) in [6, 6.07) is 11.1. The van der Waals surface area contributed by atoms with Gasteiger partial charge in [-0.15, -0.1) is 0 Å². The van der Waals surface area contributed by atoms with Gasteiger partial charge in [-0.3, -0.25) is 14.7 Å². The maximum absolute atomic E-state index is 12.4. The van der Waals surface area contributed by atoms with Crippen molar-refractivity contribution in [3.05, 3.63) is 59.5 Å². The third kappa shape index (κ3) is 3.98. The number of anilines is 1. The van der Waals surface area contributed by atoms with E-state index in [2.05, 4.69) is 15.5 Å². The van der Waals surface area contributed by atoms with Crippen LogP contribution in [-0.2, 0) is 11.2 Å². The summed E-state index contributed by atoms with van der Waals surface area (Å²) >= 11 is 0. The number of hydrogen-bond donors (Lipinski definition) is 4. The lowest BCUT2D eigenvalue weighted by Gasteiger charge is -2.09. The number of aryl methyl sites for hydroxylation is 1. The van der Waals surface area contributed by atoms with E-state index < -0.39 is 17.9 Å². The fraction of sp³-hybridized carbons (Fsp3) is 0.167. The first kappa shape index (κ1) is 17.4. The quantitative estimate of drug-likeness (QED) is 0.536. The van der Waals surface area contributed by atoms with Gasteiger partial charge in [-0.25, -0.2) is 0 Å². The Morgan fingerprint density at radius 2 is 2.12 bits per heavy atom. The number of aromatic nitrogens is 2. The van der Waals surface area contributed by atoms with Gasteiger partial charge in [-0.05, 0) is 43.2 Å². The van der Waals surface area contributed by atoms with Gasteiger partial charge in [0, 0.05) is 11.8 Å². The monoisotopic (exact) mass is 354 g/mol. The van der Waals surface area contributed by atoms with Crippen molar-refractivity contribution < 1.29 is 19.1 Å². The topological polar surface area (TPSA) is 134 Å². The predicted octanol–water partition coefficient (Wildman–Crippen LogP) is 2.18. The summed E-state index contributed by atoms with van der Waals surface area (Å²) in [6.07, 6.45) is 0.170. The lowest BCUT2D eigenvalue weighted by atomic mass is 10.1. The van der Waals surface area contributed by atoms with E-state index in [-0.39, 0.29) is 12.1 Å². The Balaban J connectivity index is 1.70. The number of carboxylic acid groups (broad SMARTS) is 1. The largest absolute Gasteiger partial charge is 0.480 e. The molecular formula is C18H18N4O4. The second-order valence-electron chi connectivity index (χ2n) is 5.88. The van der Waals surface area contributed by atoms with Crippen molar-refractivity contribution in [2.75, 3.05) is 5.32 Å². The van der Waals surface area contributed by atoms with E-state index in [4.69, 9.17) is 15.3 Å². The van der Waals surface area contributed by atoms with Gasteiger partial charge in [0.25, 0.3) is 5.91 Å². The van der Waals surface area contributed by atoms with Crippen molar-refractivity contribution in [2.24, 2.45) is 5.73 Å². The number of carboxylic acids is 1. The summed E-state index contributed by atoms with van der Waals surface area (Å²) < 4.78 is 5.49. The van der Waals surface area contributed by atoms with Crippen LogP contribution in [0.25, 0.3) is 11.5 Å². The number of carbonyl (C=O) groups excluding carboxylic acids is 1. The zero-order valence-corrected chi connectivity index (χ0v) is 14.0. The summed E-state index contributed by atoms with van der Waals surface area (Å²) in [7, 11) is 0. The summed E-state index contributed by atoms with van der Waals surface area (Å²) in [5, 5.41) is 18.4. The third-order valence-electron chi connectivity index (χ3n) is 3.77. The van der Waals surface area contributed by atoms with Gasteiger partial charge < -0.3 is 20.6 Å². The van der Waals surface area contributed by atoms with E-state index in [9.17, 15) is 9.59 Å². The smallest absolute Gasteiger partial charge is 0.320 e. The van der Waals surface area contributed by atoms with Gasteiger partial charge in [0.15, 0.2) is 11.5 Å². The molecule has 0 saturated heterocycles. The summed E-state index contributed by atoms with van der Waals surface area (Å²) in [5.41, 5.74) is 7.60. The number of carbonyl (C=O) groups is 2. The minimum Gasteiger partial charge on any atom is -0.480 e. The minimum atomic E-state index is -1.07. The number of aromatic amines is 1. The molecule has 0 spiro atoms. The zero-order chi connectivity index (χ0) is 18.7. The number of hydrogen-bond acceptors (Lipinski definition) is 5. The van der Waals surface area contributed by atoms with E-state index in [1.54, 1.807) is 36.4 Å². The van der Waals surface area contributed by atoms with Crippen LogP contribution < -0.4 is 11.1 Å². The second kappa shape index (κ2) is 7.24. The Morgan fingerprint density at radius 1 is 1.31 bits per heavy atom. The van der Waals surface area contributed by atoms with Crippen LogP contribution in [0, 0.1) is 6.92 Å². The molecule has 0 aliphatic heterocycles. The molecule has 3 rings (SSSR count). The van der Waals surface area contributed by atoms with E-state index in [1.165, 1.54) is 0 Å². The van der Waals surface area contributed by atoms with E-state index in [1.807, 2.05) is 13.0 Å². The van der Waals surface area contributed by atoms with Crippen molar-refractivity contribution in [3.8, 4) is 11.5 Å². The fourth-order valence-corrected chi connectivity index (χ4v) is 2.46. The van der Waals surface area contributed by atoms with Crippen molar-refractivity contribution in [3.63, 3.8) is 0 Å². The van der Waals surface area contributed by atoms with Crippen LogP contribution in [0.5, 0.6) is 0 Å². The first-order valence-electron chi connectivity index (χ1n) is 7.93. The molecule has 8 heteroatoms. The lowest BCUT2D eigenvalue weighted by molar-refractivity contribution is -0.138. The van der Waals surface area contributed by atoms with Gasteiger partial charge >= 0.3 is 5.97 Å². The Kier molecular flexibility index (Phi) is 4.85. The highest BCUT2D eigenvalue weighted by atomic mass is 16.4. The van der Waals surface area contributed by atoms with Crippen LogP contribution in [0.15, 0.2) is 46.9 Å². The molecule has 0 unspecified atom stereocenters. The van der Waals surface area contributed by atoms with Crippen molar-refractivity contribution in [2.45, 2.75) is 19.4 Å². The summed E-state index contributed by atoms with van der Waals surface area (Å²) in [4.78, 5) is 23.2. The van der Waals surface area contributed by atoms with Crippen LogP contribution in [0.1, 0.15) is 21.8 Å². The summed E-state index contributed by atoms with van der Waals surface area (Å²) in [5.74, 6) is -0.109. The highest BCUT2D eigenvalue weighted by Crippen LogP contribution is 2.21. The minimum absolute atomic E-state index is 0.170. The average molecular weight is 354 g/mol. The van der Waals surface area contributed by atoms with Gasteiger partial charge in [-0.2, -0.15) is 5.10 Å². The SMILES string of the molecule is Cc1ccc(-c2cc(C(=O)Nc3cccc(C[C@H](N)C(=O)O)c3)n[nH]2)o1. The number of nitrogens with one attached hydrogen (secondary N) is 2. The van der Waals surface area contributed by atoms with Gasteiger partial charge in [0.2, 0.25) is 0 Å². The van der Waals surface area contributed by atoms with E-state index >= 15 is 0 Å². The highest BCUT2D eigenvalue weighted by molar-refractivity contribution is 6.03. The number of amides is 1. The molecule has 0 saturated carbocycles. The number of aliphatic carboxylic acids is 1. The molecule has 0 fully saturated rings. The van der Waals surface area contributed by atoms with Gasteiger partial charge in [0.05, 0.1) is 0 Å². The highest BCUT2D eigenvalue weighted by Gasteiger charge is 2.15. The fourth-order valence-electron chi connectivity index (χ4n) is 2.46. The van der Waals surface area contributed by atoms with Crippen LogP contribution in [-0.4, -0.2) is 33.2 Å². The predicted molar refractivity (Wildman–Crippen MR) is 94.7 cm³/mol. The third-order valence-corrected chi connectivity index (χ3v) is 3.77. The molecule has 1 amide bonds. The first-order valence-corrected chi connectivity index (χ1v) is 7.93. The molecule has 0 aliphatic rings. The Hall–Kier alpha value is -3.39. The Labute approximate surface area is 149 Å². The summed E-state index contributed by atoms with van der Waals surface area (Å²) in [6.45, 7) is 1.83. The number of nitrogens with two attached hydrogens (primary N) is 1. The van der Waals surface area contributed by atoms with Crippen LogP contribution in [0.2, 0.25) is 0 Å².